The van der Waals surface area contributed by atoms with Gasteiger partial charge in [0.1, 0.15) is 7.85 Å². The summed E-state index contributed by atoms with van der Waals surface area (Å²) in [7, 11) is 6.23. The molecule has 2 aromatic carbocycles. The van der Waals surface area contributed by atoms with E-state index in [0.717, 1.165) is 74.0 Å². The van der Waals surface area contributed by atoms with Gasteiger partial charge in [0.15, 0.2) is 0 Å². The van der Waals surface area contributed by atoms with Crippen LogP contribution in [0.3, 0.4) is 0 Å². The summed E-state index contributed by atoms with van der Waals surface area (Å²) < 4.78 is 39.8. The van der Waals surface area contributed by atoms with Crippen molar-refractivity contribution in [3.63, 3.8) is 0 Å². The molecule has 2 radical (unpaired) electrons. The Hall–Kier alpha value is -2.01. The van der Waals surface area contributed by atoms with Gasteiger partial charge in [-0.05, 0) is 72.4 Å². The van der Waals surface area contributed by atoms with Gasteiger partial charge in [-0.1, -0.05) is 67.5 Å². The van der Waals surface area contributed by atoms with E-state index in [1.54, 1.807) is 6.07 Å². The molecule has 0 aromatic heterocycles. The van der Waals surface area contributed by atoms with Gasteiger partial charge in [0.2, 0.25) is 0 Å². The molecule has 1 aliphatic heterocycles. The van der Waals surface area contributed by atoms with Crippen molar-refractivity contribution in [1.29, 1.82) is 0 Å². The van der Waals surface area contributed by atoms with Crippen LogP contribution in [0.4, 0.5) is 18.9 Å². The number of halogens is 4. The molecule has 0 spiro atoms. The summed E-state index contributed by atoms with van der Waals surface area (Å²) >= 11 is 6.71. The fraction of sp³-hybridized carbons (Fsp3) is 0.464. The molecule has 0 bridgehead atoms. The molecule has 0 amide bonds. The van der Waals surface area contributed by atoms with E-state index in [2.05, 4.69) is 19.9 Å². The van der Waals surface area contributed by atoms with Crippen molar-refractivity contribution in [1.82, 2.24) is 0 Å². The molecule has 2 aromatic rings. The molecular weight excluding hydrogens is 454 g/mol. The lowest BCUT2D eigenvalue weighted by atomic mass is 9.76. The summed E-state index contributed by atoms with van der Waals surface area (Å²) in [5.41, 5.74) is 7.34. The molecule has 1 heterocycles. The molecule has 5 rings (SSSR count). The Labute approximate surface area is 205 Å². The number of nitrogens with zero attached hydrogens (tertiary/aromatic N) is 1. The molecule has 2 aliphatic carbocycles. The lowest BCUT2D eigenvalue weighted by Crippen LogP contribution is -2.24. The predicted octanol–water partition coefficient (Wildman–Crippen LogP) is 8.28. The third-order valence-electron chi connectivity index (χ3n) is 7.88. The fourth-order valence-electron chi connectivity index (χ4n) is 6.07. The van der Waals surface area contributed by atoms with Gasteiger partial charge in [-0.25, -0.2) is 0 Å². The molecule has 0 N–H and O–H groups in total. The maximum atomic E-state index is 13.3. The Kier molecular flexibility index (Phi) is 6.21. The van der Waals surface area contributed by atoms with Crippen LogP contribution in [-0.2, 0) is 6.18 Å². The van der Waals surface area contributed by atoms with Gasteiger partial charge in [0.05, 0.1) is 22.0 Å². The minimum Gasteiger partial charge on any atom is -0.251 e. The fourth-order valence-corrected chi connectivity index (χ4v) is 6.28. The number of allylic oxidation sites excluding steroid dienone is 2. The Morgan fingerprint density at radius 2 is 1.85 bits per heavy atom. The number of alkyl halides is 3. The maximum absolute atomic E-state index is 13.3. The summed E-state index contributed by atoms with van der Waals surface area (Å²) in [6.07, 6.45) is 2.77. The van der Waals surface area contributed by atoms with Crippen molar-refractivity contribution >= 4 is 36.3 Å². The minimum atomic E-state index is -4.41. The highest BCUT2D eigenvalue weighted by Gasteiger charge is 2.48. The van der Waals surface area contributed by atoms with Crippen molar-refractivity contribution in [2.45, 2.75) is 82.7 Å². The largest absolute Gasteiger partial charge is 0.416 e. The third kappa shape index (κ3) is 3.94. The molecule has 1 nitrogen and oxygen atoms in total. The van der Waals surface area contributed by atoms with Crippen LogP contribution < -0.4 is 5.46 Å². The van der Waals surface area contributed by atoms with Crippen LogP contribution in [0.25, 0.3) is 0 Å². The summed E-state index contributed by atoms with van der Waals surface area (Å²) in [6.45, 7) is 4.44. The normalized spacial score (nSPS) is 21.9. The first kappa shape index (κ1) is 23.7. The van der Waals surface area contributed by atoms with Crippen molar-refractivity contribution in [2.24, 2.45) is 4.99 Å². The molecule has 2 unspecified atom stereocenters. The number of fused-ring (bicyclic) bond motifs is 3. The number of aliphatic imine (C=N–C) groups is 1. The summed E-state index contributed by atoms with van der Waals surface area (Å²) in [5, 5.41) is 0.642. The first-order valence-corrected chi connectivity index (χ1v) is 12.7. The van der Waals surface area contributed by atoms with E-state index in [-0.39, 0.29) is 17.3 Å². The van der Waals surface area contributed by atoms with Gasteiger partial charge in [-0.2, -0.15) is 13.2 Å². The Bertz CT molecular complexity index is 1190. The van der Waals surface area contributed by atoms with E-state index in [0.29, 0.717) is 10.9 Å². The van der Waals surface area contributed by atoms with E-state index < -0.39 is 11.7 Å². The van der Waals surface area contributed by atoms with Crippen LogP contribution >= 0.6 is 11.6 Å². The molecule has 34 heavy (non-hydrogen) atoms. The lowest BCUT2D eigenvalue weighted by Gasteiger charge is -2.28. The number of benzene rings is 2. The van der Waals surface area contributed by atoms with E-state index in [9.17, 15) is 13.2 Å². The minimum absolute atomic E-state index is 0.128. The first-order chi connectivity index (χ1) is 16.3. The predicted molar refractivity (Wildman–Crippen MR) is 134 cm³/mol. The van der Waals surface area contributed by atoms with Crippen LogP contribution in [0.5, 0.6) is 0 Å². The number of hydrogen-bond acceptors (Lipinski definition) is 1. The van der Waals surface area contributed by atoms with Crippen molar-refractivity contribution in [3.8, 4) is 0 Å². The van der Waals surface area contributed by atoms with Crippen molar-refractivity contribution < 1.29 is 13.2 Å². The smallest absolute Gasteiger partial charge is 0.251 e. The second-order valence-electron chi connectivity index (χ2n) is 9.77. The monoisotopic (exact) mass is 481 g/mol. The average molecular weight is 482 g/mol. The zero-order chi connectivity index (χ0) is 24.2. The summed E-state index contributed by atoms with van der Waals surface area (Å²) in [5.74, 6) is 0.574. The molecule has 0 saturated heterocycles. The molecule has 3 aliphatic rings. The van der Waals surface area contributed by atoms with E-state index in [1.807, 2.05) is 6.07 Å². The molecular formula is C28H28BClF3N. The Balaban J connectivity index is 1.66. The van der Waals surface area contributed by atoms with Crippen LogP contribution in [0.1, 0.15) is 98.8 Å². The van der Waals surface area contributed by atoms with Crippen molar-refractivity contribution in [2.75, 3.05) is 0 Å². The van der Waals surface area contributed by atoms with E-state index in [4.69, 9.17) is 24.4 Å². The number of hydrogen-bond donors (Lipinski definition) is 0. The standard InChI is InChI=1S/C28H28BClF3N/c1-3-15(4-2)17-12-13-22(30)27-24(17)23-20-9-7-5-6-8-19(26(34-27)25(20)23)18-11-10-16(14-21(18)29)28(31,32)33/h10-15,19,23H,3-9H2,1-2H3. The van der Waals surface area contributed by atoms with Gasteiger partial charge in [0, 0.05) is 11.8 Å². The lowest BCUT2D eigenvalue weighted by molar-refractivity contribution is -0.137. The maximum Gasteiger partial charge on any atom is 0.416 e. The van der Waals surface area contributed by atoms with Gasteiger partial charge >= 0.3 is 6.18 Å². The summed E-state index contributed by atoms with van der Waals surface area (Å²) in [6, 6.07) is 7.89. The Morgan fingerprint density at radius 3 is 2.53 bits per heavy atom. The van der Waals surface area contributed by atoms with Gasteiger partial charge in [-0.15, -0.1) is 0 Å². The quantitative estimate of drug-likeness (QED) is 0.390. The zero-order valence-electron chi connectivity index (χ0n) is 19.6. The number of rotatable bonds is 4. The highest BCUT2D eigenvalue weighted by Crippen LogP contribution is 2.61. The molecule has 2 atom stereocenters. The highest BCUT2D eigenvalue weighted by molar-refractivity contribution is 6.35. The van der Waals surface area contributed by atoms with Crippen LogP contribution in [-0.4, -0.2) is 13.6 Å². The van der Waals surface area contributed by atoms with Crippen LogP contribution in [0.15, 0.2) is 46.5 Å². The molecule has 176 valence electrons. The molecule has 0 fully saturated rings. The second-order valence-corrected chi connectivity index (χ2v) is 10.2. The Morgan fingerprint density at radius 1 is 1.09 bits per heavy atom. The average Bonchev–Trinajstić information content (AvgIpc) is 3.50. The van der Waals surface area contributed by atoms with Crippen LogP contribution in [0.2, 0.25) is 5.02 Å². The van der Waals surface area contributed by atoms with Gasteiger partial charge in [-0.3, -0.25) is 4.99 Å². The van der Waals surface area contributed by atoms with Crippen LogP contribution in [0, 0.1) is 0 Å². The molecule has 6 heteroatoms. The third-order valence-corrected chi connectivity index (χ3v) is 8.19. The SMILES string of the molecule is [B]c1cc(C(F)(F)F)ccc1C1CCCCCC2=C3C1=Nc1c(Cl)ccc(C(CC)CC)c1C23. The van der Waals surface area contributed by atoms with Gasteiger partial charge in [0.25, 0.3) is 0 Å². The zero-order valence-corrected chi connectivity index (χ0v) is 20.4. The van der Waals surface area contributed by atoms with E-state index in [1.165, 1.54) is 22.3 Å². The molecule has 0 saturated carbocycles. The second kappa shape index (κ2) is 8.89. The van der Waals surface area contributed by atoms with Gasteiger partial charge < -0.3 is 0 Å². The first-order valence-electron chi connectivity index (χ1n) is 12.4. The summed E-state index contributed by atoms with van der Waals surface area (Å²) in [4.78, 5) is 5.16. The topological polar surface area (TPSA) is 12.4 Å². The highest BCUT2D eigenvalue weighted by atomic mass is 35.5. The van der Waals surface area contributed by atoms with E-state index >= 15 is 0 Å². The van der Waals surface area contributed by atoms with Crippen molar-refractivity contribution in [3.05, 3.63) is 68.8 Å².